The molecule has 0 aliphatic carbocycles. The second-order valence-electron chi connectivity index (χ2n) is 6.16. The van der Waals surface area contributed by atoms with Gasteiger partial charge in [0, 0.05) is 31.3 Å². The molecule has 0 unspecified atom stereocenters. The molecule has 0 atom stereocenters. The van der Waals surface area contributed by atoms with E-state index in [9.17, 15) is 14.0 Å². The Morgan fingerprint density at radius 3 is 2.74 bits per heavy atom. The molecule has 0 aliphatic rings. The Labute approximate surface area is 160 Å². The standard InChI is InChI=1S/C19H18ClFN4O2/c1-11-9-13(4-5-14(11)21)23-17(26)7-8-22-18(27)12-3-6-16-15(10-12)24-19(20)25(16)2/h3-6,9-10H,7-8H2,1-2H3,(H,22,27)(H,23,26). The zero-order valence-corrected chi connectivity index (χ0v) is 15.6. The number of fused-ring (bicyclic) bond motifs is 1. The third-order valence-electron chi connectivity index (χ3n) is 4.17. The number of halogens is 2. The second kappa shape index (κ2) is 7.75. The minimum atomic E-state index is -0.327. The number of imidazole rings is 1. The van der Waals surface area contributed by atoms with Crippen LogP contribution >= 0.6 is 11.6 Å². The first kappa shape index (κ1) is 18.8. The number of carbonyl (C=O) groups excluding carboxylic acids is 2. The molecule has 0 bridgehead atoms. The van der Waals surface area contributed by atoms with Crippen LogP contribution in [0, 0.1) is 12.7 Å². The molecule has 3 aromatic rings. The Kier molecular flexibility index (Phi) is 5.41. The Balaban J connectivity index is 1.54. The first-order chi connectivity index (χ1) is 12.8. The number of nitrogens with one attached hydrogen (secondary N) is 2. The first-order valence-corrected chi connectivity index (χ1v) is 8.69. The zero-order valence-electron chi connectivity index (χ0n) is 14.8. The molecule has 0 saturated heterocycles. The van der Waals surface area contributed by atoms with Crippen LogP contribution in [-0.2, 0) is 11.8 Å². The lowest BCUT2D eigenvalue weighted by Gasteiger charge is -2.08. The van der Waals surface area contributed by atoms with Gasteiger partial charge in [-0.05, 0) is 60.5 Å². The van der Waals surface area contributed by atoms with Gasteiger partial charge in [-0.15, -0.1) is 0 Å². The largest absolute Gasteiger partial charge is 0.352 e. The molecule has 140 valence electrons. The normalized spacial score (nSPS) is 10.8. The molecule has 0 saturated carbocycles. The lowest BCUT2D eigenvalue weighted by atomic mass is 10.2. The van der Waals surface area contributed by atoms with E-state index in [1.165, 1.54) is 12.1 Å². The van der Waals surface area contributed by atoms with Crippen LogP contribution in [0.1, 0.15) is 22.3 Å². The van der Waals surface area contributed by atoms with E-state index in [0.29, 0.717) is 27.6 Å². The Morgan fingerprint density at radius 1 is 1.22 bits per heavy atom. The van der Waals surface area contributed by atoms with Gasteiger partial charge in [-0.25, -0.2) is 9.37 Å². The molecule has 2 amide bonds. The topological polar surface area (TPSA) is 76.0 Å². The summed E-state index contributed by atoms with van der Waals surface area (Å²) in [5, 5.41) is 5.71. The number of hydrogen-bond donors (Lipinski definition) is 2. The first-order valence-electron chi connectivity index (χ1n) is 8.31. The quantitative estimate of drug-likeness (QED) is 0.703. The van der Waals surface area contributed by atoms with E-state index >= 15 is 0 Å². The van der Waals surface area contributed by atoms with Gasteiger partial charge < -0.3 is 15.2 Å². The van der Waals surface area contributed by atoms with Crippen molar-refractivity contribution in [2.24, 2.45) is 7.05 Å². The number of rotatable bonds is 5. The molecule has 0 aliphatic heterocycles. The highest BCUT2D eigenvalue weighted by Crippen LogP contribution is 2.19. The number of anilines is 1. The third kappa shape index (κ3) is 4.25. The van der Waals surface area contributed by atoms with E-state index in [1.807, 2.05) is 0 Å². The van der Waals surface area contributed by atoms with Gasteiger partial charge in [0.25, 0.3) is 5.91 Å². The molecule has 6 nitrogen and oxygen atoms in total. The van der Waals surface area contributed by atoms with Crippen LogP contribution in [0.5, 0.6) is 0 Å². The van der Waals surface area contributed by atoms with Gasteiger partial charge in [-0.3, -0.25) is 9.59 Å². The Morgan fingerprint density at radius 2 is 2.00 bits per heavy atom. The molecule has 8 heteroatoms. The summed E-state index contributed by atoms with van der Waals surface area (Å²) < 4.78 is 15.0. The maximum absolute atomic E-state index is 13.2. The van der Waals surface area contributed by atoms with Crippen molar-refractivity contribution < 1.29 is 14.0 Å². The van der Waals surface area contributed by atoms with E-state index < -0.39 is 0 Å². The summed E-state index contributed by atoms with van der Waals surface area (Å²) in [6, 6.07) is 9.44. The van der Waals surface area contributed by atoms with Gasteiger partial charge in [-0.1, -0.05) is 0 Å². The minimum Gasteiger partial charge on any atom is -0.352 e. The molecule has 0 radical (unpaired) electrons. The average Bonchev–Trinajstić information content (AvgIpc) is 2.91. The van der Waals surface area contributed by atoms with Gasteiger partial charge >= 0.3 is 0 Å². The second-order valence-corrected chi connectivity index (χ2v) is 6.50. The van der Waals surface area contributed by atoms with Gasteiger partial charge in [0.2, 0.25) is 11.2 Å². The molecule has 2 aromatic carbocycles. The number of carbonyl (C=O) groups is 2. The van der Waals surface area contributed by atoms with Gasteiger partial charge in [0.1, 0.15) is 5.82 Å². The third-order valence-corrected chi connectivity index (χ3v) is 4.51. The smallest absolute Gasteiger partial charge is 0.251 e. The fourth-order valence-corrected chi connectivity index (χ4v) is 2.83. The Hall–Kier alpha value is -2.93. The van der Waals surface area contributed by atoms with Crippen molar-refractivity contribution in [2.45, 2.75) is 13.3 Å². The predicted octanol–water partition coefficient (Wildman–Crippen LogP) is 3.43. The van der Waals surface area contributed by atoms with Crippen LogP contribution in [0.4, 0.5) is 10.1 Å². The molecule has 0 spiro atoms. The number of amides is 2. The number of nitrogens with zero attached hydrogens (tertiary/aromatic N) is 2. The number of benzene rings is 2. The zero-order chi connectivity index (χ0) is 19.6. The summed E-state index contributed by atoms with van der Waals surface area (Å²) >= 11 is 5.97. The van der Waals surface area contributed by atoms with Crippen molar-refractivity contribution >= 4 is 40.1 Å². The number of hydrogen-bond acceptors (Lipinski definition) is 3. The SMILES string of the molecule is Cc1cc(NC(=O)CCNC(=O)c2ccc3c(c2)nc(Cl)n3C)ccc1F. The van der Waals surface area contributed by atoms with Crippen molar-refractivity contribution in [3.05, 3.63) is 58.6 Å². The van der Waals surface area contributed by atoms with E-state index in [0.717, 1.165) is 5.52 Å². The summed E-state index contributed by atoms with van der Waals surface area (Å²) in [5.74, 6) is -0.899. The van der Waals surface area contributed by atoms with Crippen LogP contribution in [0.15, 0.2) is 36.4 Å². The van der Waals surface area contributed by atoms with E-state index in [1.54, 1.807) is 42.8 Å². The van der Waals surface area contributed by atoms with E-state index in [2.05, 4.69) is 15.6 Å². The number of aryl methyl sites for hydroxylation is 2. The summed E-state index contributed by atoms with van der Waals surface area (Å²) in [6.45, 7) is 1.79. The average molecular weight is 389 g/mol. The molecule has 0 fully saturated rings. The lowest BCUT2D eigenvalue weighted by Crippen LogP contribution is -2.27. The monoisotopic (exact) mass is 388 g/mol. The maximum atomic E-state index is 13.2. The molecular formula is C19H18ClFN4O2. The fraction of sp³-hybridized carbons (Fsp3) is 0.211. The predicted molar refractivity (Wildman–Crippen MR) is 102 cm³/mol. The summed E-state index contributed by atoms with van der Waals surface area (Å²) in [6.07, 6.45) is 0.0970. The van der Waals surface area contributed by atoms with Crippen LogP contribution < -0.4 is 10.6 Å². The summed E-state index contributed by atoms with van der Waals surface area (Å²) in [4.78, 5) is 28.4. The minimum absolute atomic E-state index is 0.0970. The highest BCUT2D eigenvalue weighted by atomic mass is 35.5. The van der Waals surface area contributed by atoms with Crippen molar-refractivity contribution in [3.8, 4) is 0 Å². The molecular weight excluding hydrogens is 371 g/mol. The molecule has 2 N–H and O–H groups in total. The van der Waals surface area contributed by atoms with E-state index in [-0.39, 0.29) is 30.6 Å². The highest BCUT2D eigenvalue weighted by Gasteiger charge is 2.11. The van der Waals surface area contributed by atoms with Gasteiger partial charge in [0.05, 0.1) is 11.0 Å². The number of aromatic nitrogens is 2. The van der Waals surface area contributed by atoms with Gasteiger partial charge in [-0.2, -0.15) is 0 Å². The van der Waals surface area contributed by atoms with Crippen LogP contribution in [0.3, 0.4) is 0 Å². The summed E-state index contributed by atoms with van der Waals surface area (Å²) in [7, 11) is 1.79. The van der Waals surface area contributed by atoms with Crippen molar-refractivity contribution in [2.75, 3.05) is 11.9 Å². The van der Waals surface area contributed by atoms with Crippen LogP contribution in [0.25, 0.3) is 11.0 Å². The summed E-state index contributed by atoms with van der Waals surface area (Å²) in [5.41, 5.74) is 2.85. The van der Waals surface area contributed by atoms with Crippen molar-refractivity contribution in [1.82, 2.24) is 14.9 Å². The Bertz CT molecular complexity index is 1030. The van der Waals surface area contributed by atoms with Crippen molar-refractivity contribution in [1.29, 1.82) is 0 Å². The lowest BCUT2D eigenvalue weighted by molar-refractivity contribution is -0.116. The molecule has 1 heterocycles. The van der Waals surface area contributed by atoms with Gasteiger partial charge in [0.15, 0.2) is 0 Å². The van der Waals surface area contributed by atoms with Crippen molar-refractivity contribution in [3.63, 3.8) is 0 Å². The highest BCUT2D eigenvalue weighted by molar-refractivity contribution is 6.29. The fourth-order valence-electron chi connectivity index (χ4n) is 2.65. The van der Waals surface area contributed by atoms with Crippen LogP contribution in [-0.4, -0.2) is 27.9 Å². The maximum Gasteiger partial charge on any atom is 0.251 e. The molecule has 3 rings (SSSR count). The molecule has 27 heavy (non-hydrogen) atoms. The molecule has 1 aromatic heterocycles. The van der Waals surface area contributed by atoms with Crippen LogP contribution in [0.2, 0.25) is 5.28 Å². The van der Waals surface area contributed by atoms with E-state index in [4.69, 9.17) is 11.6 Å².